The van der Waals surface area contributed by atoms with E-state index in [0.29, 0.717) is 5.69 Å². The van der Waals surface area contributed by atoms with Crippen LogP contribution in [-0.4, -0.2) is 3.96 Å². The molecule has 0 unspecified atom stereocenters. The fourth-order valence-electron chi connectivity index (χ4n) is 1.15. The van der Waals surface area contributed by atoms with Gasteiger partial charge in [-0.05, 0) is 18.2 Å². The Morgan fingerprint density at radius 2 is 2.00 bits per heavy atom. The zero-order chi connectivity index (χ0) is 10.7. The minimum Gasteiger partial charge on any atom is -0.399 e. The van der Waals surface area contributed by atoms with Crippen LogP contribution in [0.1, 0.15) is 13.8 Å². The lowest BCUT2D eigenvalue weighted by atomic mass is 10.2. The molecule has 2 aromatic rings. The van der Waals surface area contributed by atoms with Crippen LogP contribution in [0.15, 0.2) is 23.0 Å². The second kappa shape index (κ2) is 4.28. The lowest BCUT2D eigenvalue weighted by Crippen LogP contribution is -2.07. The summed E-state index contributed by atoms with van der Waals surface area (Å²) in [5, 5.41) is 0.747. The third kappa shape index (κ3) is 1.80. The first kappa shape index (κ1) is 10.8. The van der Waals surface area contributed by atoms with Crippen molar-refractivity contribution in [1.29, 1.82) is 0 Å². The molecular formula is C10H14N2OS. The molecule has 1 aromatic heterocycles. The number of fused-ring (bicyclic) bond motifs is 1. The van der Waals surface area contributed by atoms with E-state index in [1.807, 2.05) is 19.9 Å². The number of nitrogens with zero attached hydrogens (tertiary/aromatic N) is 1. The summed E-state index contributed by atoms with van der Waals surface area (Å²) in [5.74, 6) is 0. The summed E-state index contributed by atoms with van der Waals surface area (Å²) in [7, 11) is 1.75. The number of benzene rings is 1. The SMILES string of the molecule is CC.Cn1sc2cc(N)ccc2c1=O. The smallest absolute Gasteiger partial charge is 0.268 e. The van der Waals surface area contributed by atoms with Crippen molar-refractivity contribution in [1.82, 2.24) is 3.96 Å². The van der Waals surface area contributed by atoms with E-state index >= 15 is 0 Å². The second-order valence-electron chi connectivity index (χ2n) is 2.65. The van der Waals surface area contributed by atoms with E-state index in [0.717, 1.165) is 10.1 Å². The summed E-state index contributed by atoms with van der Waals surface area (Å²) in [5.41, 5.74) is 6.33. The summed E-state index contributed by atoms with van der Waals surface area (Å²) in [4.78, 5) is 11.4. The molecule has 76 valence electrons. The minimum absolute atomic E-state index is 0.0509. The number of aryl methyl sites for hydroxylation is 1. The molecule has 0 aliphatic heterocycles. The van der Waals surface area contributed by atoms with E-state index in [2.05, 4.69) is 0 Å². The first-order chi connectivity index (χ1) is 6.68. The standard InChI is InChI=1S/C8H8N2OS.C2H6/c1-10-8(11)6-3-2-5(9)4-7(6)12-10;1-2/h2-4H,9H2,1H3;1-2H3. The normalized spacial score (nSPS) is 9.64. The van der Waals surface area contributed by atoms with Crippen molar-refractivity contribution in [2.45, 2.75) is 13.8 Å². The molecule has 3 nitrogen and oxygen atoms in total. The Hall–Kier alpha value is -1.29. The molecule has 0 saturated carbocycles. The summed E-state index contributed by atoms with van der Waals surface area (Å²) < 4.78 is 2.55. The predicted octanol–water partition coefficient (Wildman–Crippen LogP) is 2.21. The highest BCUT2D eigenvalue weighted by Gasteiger charge is 2.03. The molecule has 0 amide bonds. The molecule has 1 aromatic carbocycles. The van der Waals surface area contributed by atoms with Crippen LogP contribution in [0.5, 0.6) is 0 Å². The number of aromatic nitrogens is 1. The number of hydrogen-bond acceptors (Lipinski definition) is 3. The molecule has 0 aliphatic carbocycles. The van der Waals surface area contributed by atoms with Gasteiger partial charge in [-0.15, -0.1) is 0 Å². The maximum atomic E-state index is 11.4. The number of hydrogen-bond donors (Lipinski definition) is 1. The van der Waals surface area contributed by atoms with Gasteiger partial charge >= 0.3 is 0 Å². The summed E-state index contributed by atoms with van der Waals surface area (Å²) in [6.45, 7) is 4.00. The molecule has 0 atom stereocenters. The van der Waals surface area contributed by atoms with Crippen molar-refractivity contribution in [2.75, 3.05) is 5.73 Å². The summed E-state index contributed by atoms with van der Waals surface area (Å²) >= 11 is 1.42. The topological polar surface area (TPSA) is 48.0 Å². The van der Waals surface area contributed by atoms with Gasteiger partial charge in [0.1, 0.15) is 0 Å². The Kier molecular flexibility index (Phi) is 3.30. The average Bonchev–Trinajstić information content (AvgIpc) is 2.45. The summed E-state index contributed by atoms with van der Waals surface area (Å²) in [6.07, 6.45) is 0. The van der Waals surface area contributed by atoms with Crippen LogP contribution in [0.25, 0.3) is 10.1 Å². The molecule has 2 rings (SSSR count). The van der Waals surface area contributed by atoms with Gasteiger partial charge in [0.15, 0.2) is 0 Å². The van der Waals surface area contributed by atoms with Crippen LogP contribution in [0.4, 0.5) is 5.69 Å². The van der Waals surface area contributed by atoms with E-state index in [9.17, 15) is 4.79 Å². The molecule has 14 heavy (non-hydrogen) atoms. The first-order valence-electron chi connectivity index (χ1n) is 4.54. The molecule has 0 aliphatic rings. The van der Waals surface area contributed by atoms with E-state index in [1.54, 1.807) is 23.1 Å². The lowest BCUT2D eigenvalue weighted by molar-refractivity contribution is 0.989. The maximum Gasteiger partial charge on any atom is 0.268 e. The van der Waals surface area contributed by atoms with Crippen molar-refractivity contribution < 1.29 is 0 Å². The van der Waals surface area contributed by atoms with Gasteiger partial charge in [-0.25, -0.2) is 0 Å². The van der Waals surface area contributed by atoms with Gasteiger partial charge in [0, 0.05) is 12.7 Å². The highest BCUT2D eigenvalue weighted by Crippen LogP contribution is 2.18. The Morgan fingerprint density at radius 1 is 1.36 bits per heavy atom. The molecule has 4 heteroatoms. The number of nitrogens with two attached hydrogens (primary N) is 1. The molecule has 0 spiro atoms. The average molecular weight is 210 g/mol. The molecule has 1 heterocycles. The summed E-state index contributed by atoms with van der Waals surface area (Å²) in [6, 6.07) is 5.33. The molecule has 2 N–H and O–H groups in total. The van der Waals surface area contributed by atoms with Crippen molar-refractivity contribution in [3.05, 3.63) is 28.6 Å². The molecular weight excluding hydrogens is 196 g/mol. The lowest BCUT2D eigenvalue weighted by Gasteiger charge is -1.88. The van der Waals surface area contributed by atoms with Crippen molar-refractivity contribution >= 4 is 27.3 Å². The van der Waals surface area contributed by atoms with Crippen LogP contribution < -0.4 is 11.3 Å². The van der Waals surface area contributed by atoms with Crippen LogP contribution in [0.3, 0.4) is 0 Å². The Labute approximate surface area is 86.9 Å². The highest BCUT2D eigenvalue weighted by atomic mass is 32.1. The van der Waals surface area contributed by atoms with Crippen LogP contribution in [0.2, 0.25) is 0 Å². The van der Waals surface area contributed by atoms with Crippen molar-refractivity contribution in [2.24, 2.45) is 7.05 Å². The van der Waals surface area contributed by atoms with E-state index < -0.39 is 0 Å². The third-order valence-corrected chi connectivity index (χ3v) is 2.73. The van der Waals surface area contributed by atoms with Gasteiger partial charge < -0.3 is 5.73 Å². The minimum atomic E-state index is 0.0509. The van der Waals surface area contributed by atoms with E-state index in [4.69, 9.17) is 5.73 Å². The molecule has 0 bridgehead atoms. The predicted molar refractivity (Wildman–Crippen MR) is 62.8 cm³/mol. The zero-order valence-electron chi connectivity index (χ0n) is 8.57. The Bertz CT molecular complexity index is 484. The number of nitrogen functional groups attached to an aromatic ring is 1. The maximum absolute atomic E-state index is 11.4. The van der Waals surface area contributed by atoms with Crippen LogP contribution in [0, 0.1) is 0 Å². The highest BCUT2D eigenvalue weighted by molar-refractivity contribution is 7.13. The van der Waals surface area contributed by atoms with Gasteiger partial charge in [-0.3, -0.25) is 8.75 Å². The van der Waals surface area contributed by atoms with Crippen molar-refractivity contribution in [3.8, 4) is 0 Å². The zero-order valence-corrected chi connectivity index (χ0v) is 9.39. The van der Waals surface area contributed by atoms with Gasteiger partial charge in [0.05, 0.1) is 10.1 Å². The van der Waals surface area contributed by atoms with E-state index in [1.165, 1.54) is 11.5 Å². The van der Waals surface area contributed by atoms with Gasteiger partial charge in [0.2, 0.25) is 0 Å². The van der Waals surface area contributed by atoms with Crippen molar-refractivity contribution in [3.63, 3.8) is 0 Å². The van der Waals surface area contributed by atoms with Crippen LogP contribution >= 0.6 is 11.5 Å². The largest absolute Gasteiger partial charge is 0.399 e. The molecule has 0 fully saturated rings. The second-order valence-corrected chi connectivity index (χ2v) is 3.82. The van der Waals surface area contributed by atoms with Crippen LogP contribution in [-0.2, 0) is 7.05 Å². The van der Waals surface area contributed by atoms with Gasteiger partial charge in [-0.1, -0.05) is 25.4 Å². The van der Waals surface area contributed by atoms with Gasteiger partial charge in [0.25, 0.3) is 5.56 Å². The van der Waals surface area contributed by atoms with E-state index in [-0.39, 0.29) is 5.56 Å². The fraction of sp³-hybridized carbons (Fsp3) is 0.300. The Morgan fingerprint density at radius 3 is 2.64 bits per heavy atom. The number of anilines is 1. The fourth-order valence-corrected chi connectivity index (χ4v) is 2.07. The molecule has 0 saturated heterocycles. The Balaban J connectivity index is 0.000000461. The third-order valence-electron chi connectivity index (χ3n) is 1.76. The van der Waals surface area contributed by atoms with Gasteiger partial charge in [-0.2, -0.15) is 0 Å². The first-order valence-corrected chi connectivity index (χ1v) is 5.31. The molecule has 0 radical (unpaired) electrons. The monoisotopic (exact) mass is 210 g/mol. The quantitative estimate of drug-likeness (QED) is 0.678. The number of rotatable bonds is 0.